The SMILES string of the molecule is O=C(COc1ccc(Cl)cc1O)N1C2CCC1CC(Oc1ccc(F)cc1)C2. The van der Waals surface area contributed by atoms with Crippen LogP contribution in [0.3, 0.4) is 0 Å². The predicted molar refractivity (Wildman–Crippen MR) is 102 cm³/mol. The molecule has 148 valence electrons. The molecule has 28 heavy (non-hydrogen) atoms. The molecule has 0 aromatic heterocycles. The largest absolute Gasteiger partial charge is 0.504 e. The number of fused-ring (bicyclic) bond motifs is 2. The van der Waals surface area contributed by atoms with Crippen LogP contribution in [0.2, 0.25) is 5.02 Å². The zero-order valence-electron chi connectivity index (χ0n) is 15.2. The number of halogens is 2. The zero-order valence-corrected chi connectivity index (χ0v) is 15.9. The maximum Gasteiger partial charge on any atom is 0.261 e. The lowest BCUT2D eigenvalue weighted by Crippen LogP contribution is -2.50. The lowest BCUT2D eigenvalue weighted by Gasteiger charge is -2.38. The van der Waals surface area contributed by atoms with Gasteiger partial charge in [-0.2, -0.15) is 0 Å². The Hall–Kier alpha value is -2.47. The summed E-state index contributed by atoms with van der Waals surface area (Å²) in [6, 6.07) is 10.8. The molecule has 2 bridgehead atoms. The third-order valence-corrected chi connectivity index (χ3v) is 5.60. The average Bonchev–Trinajstić information content (AvgIpc) is 2.93. The number of rotatable bonds is 5. The minimum Gasteiger partial charge on any atom is -0.504 e. The Kier molecular flexibility index (Phi) is 5.31. The van der Waals surface area contributed by atoms with Crippen LogP contribution < -0.4 is 9.47 Å². The van der Waals surface area contributed by atoms with Crippen LogP contribution in [-0.2, 0) is 4.79 Å². The first-order valence-electron chi connectivity index (χ1n) is 9.34. The molecular formula is C21H21ClFNO4. The molecule has 2 aliphatic rings. The first-order chi connectivity index (χ1) is 13.5. The first kappa shape index (κ1) is 18.9. The second kappa shape index (κ2) is 7.87. The molecule has 2 saturated heterocycles. The van der Waals surface area contributed by atoms with Crippen molar-refractivity contribution in [1.29, 1.82) is 0 Å². The molecule has 2 atom stereocenters. The molecule has 2 heterocycles. The van der Waals surface area contributed by atoms with Gasteiger partial charge in [0.2, 0.25) is 0 Å². The second-order valence-electron chi connectivity index (χ2n) is 7.25. The van der Waals surface area contributed by atoms with Gasteiger partial charge in [-0.1, -0.05) is 11.6 Å². The molecule has 2 unspecified atom stereocenters. The van der Waals surface area contributed by atoms with Crippen molar-refractivity contribution < 1.29 is 23.8 Å². The van der Waals surface area contributed by atoms with Gasteiger partial charge >= 0.3 is 0 Å². The van der Waals surface area contributed by atoms with Crippen LogP contribution in [0, 0.1) is 5.82 Å². The fraction of sp³-hybridized carbons (Fsp3) is 0.381. The van der Waals surface area contributed by atoms with Gasteiger partial charge in [-0.15, -0.1) is 0 Å². The van der Waals surface area contributed by atoms with Crippen LogP contribution in [0.15, 0.2) is 42.5 Å². The number of phenolic OH excluding ortho intramolecular Hbond substituents is 1. The molecular weight excluding hydrogens is 385 g/mol. The van der Waals surface area contributed by atoms with E-state index in [9.17, 15) is 14.3 Å². The van der Waals surface area contributed by atoms with E-state index in [1.165, 1.54) is 18.2 Å². The van der Waals surface area contributed by atoms with Crippen molar-refractivity contribution in [2.75, 3.05) is 6.61 Å². The summed E-state index contributed by atoms with van der Waals surface area (Å²) < 4.78 is 24.5. The monoisotopic (exact) mass is 405 g/mol. The average molecular weight is 406 g/mol. The number of phenols is 1. The summed E-state index contributed by atoms with van der Waals surface area (Å²) in [5.74, 6) is 0.406. The van der Waals surface area contributed by atoms with E-state index in [0.29, 0.717) is 10.8 Å². The van der Waals surface area contributed by atoms with Crippen molar-refractivity contribution in [3.8, 4) is 17.2 Å². The maximum atomic E-state index is 13.0. The number of carbonyl (C=O) groups excluding carboxylic acids is 1. The van der Waals surface area contributed by atoms with Crippen molar-refractivity contribution in [2.45, 2.75) is 43.9 Å². The summed E-state index contributed by atoms with van der Waals surface area (Å²) in [5, 5.41) is 10.2. The number of hydrogen-bond acceptors (Lipinski definition) is 4. The van der Waals surface area contributed by atoms with Gasteiger partial charge in [-0.3, -0.25) is 4.79 Å². The third kappa shape index (κ3) is 4.02. The standard InChI is InChI=1S/C21H21ClFNO4/c22-13-1-8-20(19(25)9-13)27-12-21(26)24-15-4-5-16(24)11-18(10-15)28-17-6-2-14(23)3-7-17/h1-3,6-9,15-16,18,25H,4-5,10-12H2. The van der Waals surface area contributed by atoms with E-state index in [-0.39, 0.29) is 48.0 Å². The van der Waals surface area contributed by atoms with Crippen molar-refractivity contribution in [3.63, 3.8) is 0 Å². The summed E-state index contributed by atoms with van der Waals surface area (Å²) in [6.07, 6.45) is 3.36. The third-order valence-electron chi connectivity index (χ3n) is 5.37. The molecule has 5 nitrogen and oxygen atoms in total. The zero-order chi connectivity index (χ0) is 19.7. The van der Waals surface area contributed by atoms with Gasteiger partial charge in [0.15, 0.2) is 18.1 Å². The molecule has 7 heteroatoms. The van der Waals surface area contributed by atoms with Crippen LogP contribution in [0.1, 0.15) is 25.7 Å². The van der Waals surface area contributed by atoms with Gasteiger partial charge in [0.1, 0.15) is 17.7 Å². The fourth-order valence-electron chi connectivity index (χ4n) is 4.16. The number of amides is 1. The number of ether oxygens (including phenoxy) is 2. The summed E-state index contributed by atoms with van der Waals surface area (Å²) in [4.78, 5) is 14.6. The minimum atomic E-state index is -0.292. The van der Waals surface area contributed by atoms with E-state index in [1.807, 2.05) is 4.90 Å². The van der Waals surface area contributed by atoms with E-state index < -0.39 is 0 Å². The normalized spacial score (nSPS) is 23.5. The number of carbonyl (C=O) groups is 1. The Bertz CT molecular complexity index is 846. The molecule has 2 fully saturated rings. The molecule has 4 rings (SSSR count). The molecule has 2 aliphatic heterocycles. The summed E-state index contributed by atoms with van der Waals surface area (Å²) in [6.45, 7) is -0.133. The summed E-state index contributed by atoms with van der Waals surface area (Å²) in [5.41, 5.74) is 0. The predicted octanol–water partition coefficient (Wildman–Crippen LogP) is 4.16. The van der Waals surface area contributed by atoms with Gasteiger partial charge in [0.05, 0.1) is 0 Å². The first-order valence-corrected chi connectivity index (χ1v) is 9.72. The molecule has 2 aromatic rings. The van der Waals surface area contributed by atoms with Crippen LogP contribution in [0.5, 0.6) is 17.2 Å². The van der Waals surface area contributed by atoms with Gasteiger partial charge in [-0.25, -0.2) is 4.39 Å². The highest BCUT2D eigenvalue weighted by atomic mass is 35.5. The van der Waals surface area contributed by atoms with Gasteiger partial charge in [0, 0.05) is 36.0 Å². The quantitative estimate of drug-likeness (QED) is 0.811. The van der Waals surface area contributed by atoms with E-state index in [4.69, 9.17) is 21.1 Å². The number of aromatic hydroxyl groups is 1. The molecule has 0 aliphatic carbocycles. The molecule has 0 radical (unpaired) electrons. The van der Waals surface area contributed by atoms with Crippen molar-refractivity contribution >= 4 is 17.5 Å². The van der Waals surface area contributed by atoms with E-state index in [2.05, 4.69) is 0 Å². The number of piperidine rings is 1. The lowest BCUT2D eigenvalue weighted by atomic mass is 9.99. The van der Waals surface area contributed by atoms with E-state index >= 15 is 0 Å². The fourth-order valence-corrected chi connectivity index (χ4v) is 4.33. The lowest BCUT2D eigenvalue weighted by molar-refractivity contribution is -0.139. The Morgan fingerprint density at radius 2 is 1.82 bits per heavy atom. The highest BCUT2D eigenvalue weighted by Gasteiger charge is 2.44. The molecule has 1 amide bonds. The van der Waals surface area contributed by atoms with Gasteiger partial charge in [0.25, 0.3) is 5.91 Å². The second-order valence-corrected chi connectivity index (χ2v) is 7.69. The van der Waals surface area contributed by atoms with Gasteiger partial charge in [-0.05, 0) is 49.2 Å². The van der Waals surface area contributed by atoms with Crippen LogP contribution >= 0.6 is 11.6 Å². The highest BCUT2D eigenvalue weighted by Crippen LogP contribution is 2.37. The van der Waals surface area contributed by atoms with Crippen LogP contribution in [0.25, 0.3) is 0 Å². The van der Waals surface area contributed by atoms with Crippen LogP contribution in [0.4, 0.5) is 4.39 Å². The smallest absolute Gasteiger partial charge is 0.261 e. The van der Waals surface area contributed by atoms with E-state index in [1.54, 1.807) is 24.3 Å². The Morgan fingerprint density at radius 1 is 1.14 bits per heavy atom. The van der Waals surface area contributed by atoms with Crippen molar-refractivity contribution in [2.24, 2.45) is 0 Å². The molecule has 1 N–H and O–H groups in total. The number of nitrogens with zero attached hydrogens (tertiary/aromatic N) is 1. The highest BCUT2D eigenvalue weighted by molar-refractivity contribution is 6.30. The maximum absolute atomic E-state index is 13.0. The van der Waals surface area contributed by atoms with Crippen LogP contribution in [-0.4, -0.2) is 40.7 Å². The summed E-state index contributed by atoms with van der Waals surface area (Å²) in [7, 11) is 0. The molecule has 0 spiro atoms. The van der Waals surface area contributed by atoms with Gasteiger partial charge < -0.3 is 19.5 Å². The molecule has 0 saturated carbocycles. The minimum absolute atomic E-state index is 0.00763. The van der Waals surface area contributed by atoms with Crippen molar-refractivity contribution in [3.05, 3.63) is 53.3 Å². The Morgan fingerprint density at radius 3 is 2.46 bits per heavy atom. The number of benzene rings is 2. The topological polar surface area (TPSA) is 59.0 Å². The number of hydrogen-bond donors (Lipinski definition) is 1. The summed E-state index contributed by atoms with van der Waals surface area (Å²) >= 11 is 5.81. The molecule has 2 aromatic carbocycles. The van der Waals surface area contributed by atoms with Crippen molar-refractivity contribution in [1.82, 2.24) is 4.90 Å². The Labute approximate surface area is 167 Å². The Balaban J connectivity index is 1.35. The van der Waals surface area contributed by atoms with E-state index in [0.717, 1.165) is 25.7 Å².